The quantitative estimate of drug-likeness (QED) is 0.872. The first-order valence-corrected chi connectivity index (χ1v) is 8.54. The summed E-state index contributed by atoms with van der Waals surface area (Å²) in [7, 11) is 0. The highest BCUT2D eigenvalue weighted by atomic mass is 19.4. The van der Waals surface area contributed by atoms with Crippen molar-refractivity contribution in [2.75, 3.05) is 19.6 Å². The maximum atomic E-state index is 12.2. The van der Waals surface area contributed by atoms with E-state index < -0.39 is 12.1 Å². The first-order valence-electron chi connectivity index (χ1n) is 8.54. The average Bonchev–Trinajstić information content (AvgIpc) is 2.97. The number of carbonyl (C=O) groups excluding carboxylic acids is 1. The fraction of sp³-hybridized carbons (Fsp3) is 0.688. The summed E-state index contributed by atoms with van der Waals surface area (Å²) in [5.74, 6) is -0.691. The highest BCUT2D eigenvalue weighted by Crippen LogP contribution is 2.33. The predicted octanol–water partition coefficient (Wildman–Crippen LogP) is 2.27. The molecule has 1 amide bonds. The molecule has 1 aromatic rings. The summed E-state index contributed by atoms with van der Waals surface area (Å²) >= 11 is 0. The van der Waals surface area contributed by atoms with Gasteiger partial charge >= 0.3 is 18.1 Å². The number of fused-ring (bicyclic) bond motifs is 1. The number of amides is 1. The van der Waals surface area contributed by atoms with Gasteiger partial charge in [-0.25, -0.2) is 9.78 Å². The monoisotopic (exact) mass is 375 g/mol. The molecule has 3 aliphatic rings. The van der Waals surface area contributed by atoms with Crippen LogP contribution in [0.5, 0.6) is 0 Å². The SMILES string of the molecule is O=C(O)C(F)(F)F.O=C(c1nc2c(o1)CN(CC1CC1)C2)N1CCCC1. The van der Waals surface area contributed by atoms with Crippen LogP contribution in [0.2, 0.25) is 0 Å². The summed E-state index contributed by atoms with van der Waals surface area (Å²) in [5, 5.41) is 7.12. The number of aliphatic carboxylic acids is 1. The molecule has 0 radical (unpaired) electrons. The van der Waals surface area contributed by atoms with Gasteiger partial charge in [-0.2, -0.15) is 13.2 Å². The standard InChI is InChI=1S/C14H19N3O2.C2HF3O2/c18-14(17-5-1-2-6-17)13-15-11-8-16(7-10-3-4-10)9-12(11)19-13;3-2(4,5)1(6)7/h10H,1-9H2;(H,6,7). The van der Waals surface area contributed by atoms with Crippen molar-refractivity contribution in [2.24, 2.45) is 5.92 Å². The molecule has 0 spiro atoms. The molecule has 1 saturated carbocycles. The maximum absolute atomic E-state index is 12.2. The van der Waals surface area contributed by atoms with E-state index >= 15 is 0 Å². The molecule has 0 aromatic carbocycles. The van der Waals surface area contributed by atoms with E-state index in [4.69, 9.17) is 14.3 Å². The van der Waals surface area contributed by atoms with Crippen molar-refractivity contribution in [1.29, 1.82) is 0 Å². The van der Waals surface area contributed by atoms with Gasteiger partial charge < -0.3 is 14.4 Å². The predicted molar refractivity (Wildman–Crippen MR) is 82.2 cm³/mol. The molecule has 0 bridgehead atoms. The summed E-state index contributed by atoms with van der Waals surface area (Å²) in [6.45, 7) is 4.52. The van der Waals surface area contributed by atoms with Crippen LogP contribution in [-0.2, 0) is 17.9 Å². The Morgan fingerprint density at radius 3 is 2.31 bits per heavy atom. The number of halogens is 3. The van der Waals surface area contributed by atoms with Crippen LogP contribution in [-0.4, -0.2) is 57.6 Å². The van der Waals surface area contributed by atoms with E-state index in [1.165, 1.54) is 12.8 Å². The summed E-state index contributed by atoms with van der Waals surface area (Å²) in [6, 6.07) is 0. The van der Waals surface area contributed by atoms with Crippen molar-refractivity contribution in [2.45, 2.75) is 44.9 Å². The summed E-state index contributed by atoms with van der Waals surface area (Å²) in [6.07, 6.45) is -0.156. The molecule has 4 rings (SSSR count). The molecule has 1 N–H and O–H groups in total. The number of oxazole rings is 1. The van der Waals surface area contributed by atoms with Crippen molar-refractivity contribution < 1.29 is 32.3 Å². The fourth-order valence-corrected chi connectivity index (χ4v) is 3.04. The molecule has 3 heterocycles. The highest BCUT2D eigenvalue weighted by molar-refractivity contribution is 5.90. The van der Waals surface area contributed by atoms with Gasteiger partial charge in [0, 0.05) is 26.2 Å². The molecular weight excluding hydrogens is 355 g/mol. The van der Waals surface area contributed by atoms with Gasteiger partial charge in [-0.05, 0) is 31.6 Å². The maximum Gasteiger partial charge on any atom is 0.490 e. The Morgan fingerprint density at radius 1 is 1.19 bits per heavy atom. The molecule has 144 valence electrons. The van der Waals surface area contributed by atoms with Crippen LogP contribution in [0.25, 0.3) is 0 Å². The second kappa shape index (κ2) is 7.26. The smallest absolute Gasteiger partial charge is 0.475 e. The van der Waals surface area contributed by atoms with Gasteiger partial charge in [-0.3, -0.25) is 9.69 Å². The Bertz CT molecular complexity index is 655. The lowest BCUT2D eigenvalue weighted by molar-refractivity contribution is -0.192. The zero-order chi connectivity index (χ0) is 18.9. The lowest BCUT2D eigenvalue weighted by atomic mass is 10.4. The van der Waals surface area contributed by atoms with E-state index in [0.29, 0.717) is 5.89 Å². The van der Waals surface area contributed by atoms with Gasteiger partial charge in [-0.1, -0.05) is 0 Å². The first kappa shape index (κ1) is 18.7. The third kappa shape index (κ3) is 4.54. The second-order valence-corrected chi connectivity index (χ2v) is 6.80. The zero-order valence-corrected chi connectivity index (χ0v) is 14.1. The van der Waals surface area contributed by atoms with Crippen LogP contribution >= 0.6 is 0 Å². The molecule has 1 saturated heterocycles. The number of likely N-dealkylation sites (tertiary alicyclic amines) is 1. The second-order valence-electron chi connectivity index (χ2n) is 6.80. The first-order chi connectivity index (χ1) is 12.2. The van der Waals surface area contributed by atoms with E-state index in [1.807, 2.05) is 4.90 Å². The topological polar surface area (TPSA) is 86.9 Å². The molecular formula is C16H20F3N3O4. The van der Waals surface area contributed by atoms with Gasteiger partial charge in [0.05, 0.1) is 12.2 Å². The van der Waals surface area contributed by atoms with Crippen molar-refractivity contribution in [3.8, 4) is 0 Å². The largest absolute Gasteiger partial charge is 0.490 e. The summed E-state index contributed by atoms with van der Waals surface area (Å²) in [4.78, 5) is 29.7. The minimum Gasteiger partial charge on any atom is -0.475 e. The normalized spacial score (nSPS) is 19.9. The molecule has 0 unspecified atom stereocenters. The number of rotatable bonds is 3. The Balaban J connectivity index is 0.000000242. The van der Waals surface area contributed by atoms with Crippen LogP contribution in [0, 0.1) is 5.92 Å². The van der Waals surface area contributed by atoms with Crippen LogP contribution in [0.3, 0.4) is 0 Å². The van der Waals surface area contributed by atoms with Gasteiger partial charge in [0.15, 0.2) is 0 Å². The Kier molecular flexibility index (Phi) is 5.22. The van der Waals surface area contributed by atoms with Crippen molar-refractivity contribution in [1.82, 2.24) is 14.8 Å². The van der Waals surface area contributed by atoms with Crippen molar-refractivity contribution in [3.05, 3.63) is 17.3 Å². The number of hydrogen-bond donors (Lipinski definition) is 1. The molecule has 10 heteroatoms. The third-order valence-electron chi connectivity index (χ3n) is 4.55. The van der Waals surface area contributed by atoms with Crippen molar-refractivity contribution in [3.63, 3.8) is 0 Å². The van der Waals surface area contributed by atoms with Gasteiger partial charge in [0.25, 0.3) is 5.89 Å². The Morgan fingerprint density at radius 2 is 1.81 bits per heavy atom. The van der Waals surface area contributed by atoms with E-state index in [1.54, 1.807) is 0 Å². The Hall–Kier alpha value is -2.10. The number of aromatic nitrogens is 1. The molecule has 1 aliphatic carbocycles. The van der Waals surface area contributed by atoms with Gasteiger partial charge in [-0.15, -0.1) is 0 Å². The lowest BCUT2D eigenvalue weighted by Crippen LogP contribution is -2.28. The number of hydrogen-bond acceptors (Lipinski definition) is 5. The molecule has 0 atom stereocenters. The number of carboxylic acids is 1. The van der Waals surface area contributed by atoms with Crippen LogP contribution in [0.1, 0.15) is 47.8 Å². The van der Waals surface area contributed by atoms with Gasteiger partial charge in [0.1, 0.15) is 5.76 Å². The van der Waals surface area contributed by atoms with Crippen LogP contribution < -0.4 is 0 Å². The molecule has 26 heavy (non-hydrogen) atoms. The van der Waals surface area contributed by atoms with Gasteiger partial charge in [0.2, 0.25) is 0 Å². The lowest BCUT2D eigenvalue weighted by Gasteiger charge is -2.14. The van der Waals surface area contributed by atoms with E-state index in [-0.39, 0.29) is 5.91 Å². The van der Waals surface area contributed by atoms with E-state index in [2.05, 4.69) is 9.88 Å². The van der Waals surface area contributed by atoms with Crippen LogP contribution in [0.4, 0.5) is 13.2 Å². The number of carboxylic acid groups (broad SMARTS) is 1. The highest BCUT2D eigenvalue weighted by Gasteiger charge is 2.38. The van der Waals surface area contributed by atoms with E-state index in [0.717, 1.165) is 62.9 Å². The molecule has 7 nitrogen and oxygen atoms in total. The zero-order valence-electron chi connectivity index (χ0n) is 14.1. The summed E-state index contributed by atoms with van der Waals surface area (Å²) in [5.41, 5.74) is 0.975. The van der Waals surface area contributed by atoms with Crippen LogP contribution in [0.15, 0.2) is 4.42 Å². The Labute approximate surface area is 147 Å². The van der Waals surface area contributed by atoms with Crippen molar-refractivity contribution >= 4 is 11.9 Å². The third-order valence-corrected chi connectivity index (χ3v) is 4.55. The fourth-order valence-electron chi connectivity index (χ4n) is 3.04. The van der Waals surface area contributed by atoms with E-state index in [9.17, 15) is 18.0 Å². The molecule has 2 aliphatic heterocycles. The summed E-state index contributed by atoms with van der Waals surface area (Å²) < 4.78 is 37.4. The minimum absolute atomic E-state index is 0.0272. The number of carbonyl (C=O) groups is 2. The minimum atomic E-state index is -5.08. The number of alkyl halides is 3. The molecule has 1 aromatic heterocycles. The average molecular weight is 375 g/mol. The number of nitrogens with zero attached hydrogens (tertiary/aromatic N) is 3. The molecule has 2 fully saturated rings.